The molecular formula is C43H68O15. The van der Waals surface area contributed by atoms with Gasteiger partial charge in [0.25, 0.3) is 0 Å². The summed E-state index contributed by atoms with van der Waals surface area (Å²) in [6, 6.07) is 0. The van der Waals surface area contributed by atoms with Crippen molar-refractivity contribution >= 4 is 11.9 Å². The number of hydrogen-bond acceptors (Lipinski definition) is 15. The number of carbonyl (C=O) groups is 2. The SMILES string of the molecule is CC(=O)O[C@H]1[C@@H](O)C[C@H](O[C@H]2[C@@H](O)C[C@@H](O[C@H]3[C@@H](O)C[C@H](O[C@H]4CC[C@@]5(C)C(CCC6C5C[C@@H](O)[C@]5(C)[C@@H](C7COC(=O)C7)CC[C@]65O)C4)O[C@@H]3C)O[C@@H]2C)O[C@@H]1C. The van der Waals surface area contributed by atoms with Gasteiger partial charge in [0.05, 0.1) is 67.5 Å². The lowest BCUT2D eigenvalue weighted by molar-refractivity contribution is -0.336. The van der Waals surface area contributed by atoms with E-state index in [1.807, 2.05) is 6.92 Å². The third kappa shape index (κ3) is 7.58. The first-order valence-corrected chi connectivity index (χ1v) is 22.1. The summed E-state index contributed by atoms with van der Waals surface area (Å²) in [6.07, 6.45) is -2.55. The summed E-state index contributed by atoms with van der Waals surface area (Å²) in [5, 5.41) is 57.5. The lowest BCUT2D eigenvalue weighted by Gasteiger charge is -2.65. The van der Waals surface area contributed by atoms with E-state index < -0.39 is 96.9 Å². The standard InChI is InChI=1S/C43H68O15/c1-20-38(55-23(4)44)30(45)17-36(53-20)57-40-22(3)54-37(18-32(40)47)58-39-21(2)52-35(16-31(39)46)56-26-9-11-41(5)25(14-26)7-8-28-29(41)15-33(48)42(6)27(10-12-43(28,42)50)24-13-34(49)51-19-24/h20-22,24-33,35-40,45-48,50H,7-19H2,1-6H3/t20-,21-,22-,24?,25?,26+,27-,28?,29?,30+,31+,32+,33-,35+,36+,37-,38-,39-,40-,41+,42+,43+/m1/s1. The Morgan fingerprint density at radius 1 is 0.690 bits per heavy atom. The van der Waals surface area contributed by atoms with E-state index in [9.17, 15) is 35.1 Å². The summed E-state index contributed by atoms with van der Waals surface area (Å²) < 4.78 is 47.7. The van der Waals surface area contributed by atoms with E-state index in [2.05, 4.69) is 13.8 Å². The summed E-state index contributed by atoms with van der Waals surface area (Å²) in [5.41, 5.74) is -1.69. The van der Waals surface area contributed by atoms with E-state index in [1.165, 1.54) is 6.92 Å². The van der Waals surface area contributed by atoms with Crippen molar-refractivity contribution in [3.63, 3.8) is 0 Å². The largest absolute Gasteiger partial charge is 0.465 e. The van der Waals surface area contributed by atoms with Gasteiger partial charge in [-0.15, -0.1) is 0 Å². The Morgan fingerprint density at radius 2 is 1.26 bits per heavy atom. The molecule has 0 amide bonds. The van der Waals surface area contributed by atoms with Gasteiger partial charge < -0.3 is 63.4 Å². The van der Waals surface area contributed by atoms with Crippen molar-refractivity contribution in [2.24, 2.45) is 40.4 Å². The number of carbonyl (C=O) groups excluding carboxylic acids is 2. The Morgan fingerprint density at radius 3 is 1.79 bits per heavy atom. The molecule has 0 aromatic heterocycles. The summed E-state index contributed by atoms with van der Waals surface area (Å²) in [4.78, 5) is 23.5. The topological polar surface area (TPSA) is 209 Å². The quantitative estimate of drug-likeness (QED) is 0.176. The van der Waals surface area contributed by atoms with Gasteiger partial charge in [-0.05, 0) is 101 Å². The van der Waals surface area contributed by atoms with E-state index in [0.29, 0.717) is 31.8 Å². The lowest BCUT2D eigenvalue weighted by Crippen LogP contribution is -2.67. The number of rotatable bonds is 8. The average molecular weight is 825 g/mol. The fourth-order valence-corrected chi connectivity index (χ4v) is 13.5. The molecule has 0 aromatic carbocycles. The highest BCUT2D eigenvalue weighted by Crippen LogP contribution is 2.70. The zero-order chi connectivity index (χ0) is 41.5. The van der Waals surface area contributed by atoms with Crippen molar-refractivity contribution in [3.8, 4) is 0 Å². The molecule has 4 unspecified atom stereocenters. The fraction of sp³-hybridized carbons (Fsp3) is 0.953. The summed E-state index contributed by atoms with van der Waals surface area (Å²) in [6.45, 7) is 11.4. The van der Waals surface area contributed by atoms with Crippen LogP contribution >= 0.6 is 0 Å². The molecule has 8 aliphatic rings. The fourth-order valence-electron chi connectivity index (χ4n) is 13.5. The van der Waals surface area contributed by atoms with Crippen LogP contribution in [-0.2, 0) is 47.5 Å². The molecule has 4 saturated heterocycles. The van der Waals surface area contributed by atoms with Crippen molar-refractivity contribution in [3.05, 3.63) is 0 Å². The van der Waals surface area contributed by atoms with E-state index >= 15 is 0 Å². The molecule has 4 saturated carbocycles. The zero-order valence-corrected chi connectivity index (χ0v) is 35.0. The molecule has 22 atom stereocenters. The van der Waals surface area contributed by atoms with Crippen LogP contribution in [0.1, 0.15) is 119 Å². The molecule has 0 aromatic rings. The van der Waals surface area contributed by atoms with Gasteiger partial charge >= 0.3 is 11.9 Å². The first-order valence-electron chi connectivity index (χ1n) is 22.1. The molecule has 8 rings (SSSR count). The van der Waals surface area contributed by atoms with Crippen LogP contribution in [0.5, 0.6) is 0 Å². The third-order valence-corrected chi connectivity index (χ3v) is 16.6. The molecule has 15 nitrogen and oxygen atoms in total. The molecule has 0 spiro atoms. The summed E-state index contributed by atoms with van der Waals surface area (Å²) in [5.74, 6) is 0.0660. The number of hydrogen-bond donors (Lipinski definition) is 5. The number of cyclic esters (lactones) is 1. The Balaban J connectivity index is 0.820. The monoisotopic (exact) mass is 824 g/mol. The third-order valence-electron chi connectivity index (χ3n) is 16.6. The van der Waals surface area contributed by atoms with Crippen LogP contribution in [0, 0.1) is 40.4 Å². The van der Waals surface area contributed by atoms with Crippen LogP contribution in [0.25, 0.3) is 0 Å². The maximum atomic E-state index is 12.6. The van der Waals surface area contributed by atoms with Crippen molar-refractivity contribution < 1.29 is 73.0 Å². The normalized spacial score (nSPS) is 54.5. The van der Waals surface area contributed by atoms with E-state index in [-0.39, 0.29) is 60.4 Å². The van der Waals surface area contributed by atoms with Crippen LogP contribution in [0.3, 0.4) is 0 Å². The van der Waals surface area contributed by atoms with Gasteiger partial charge in [0.1, 0.15) is 12.2 Å². The Labute approximate surface area is 341 Å². The van der Waals surface area contributed by atoms with Gasteiger partial charge in [-0.1, -0.05) is 13.8 Å². The van der Waals surface area contributed by atoms with Crippen LogP contribution < -0.4 is 0 Å². The van der Waals surface area contributed by atoms with Crippen molar-refractivity contribution in [2.45, 2.75) is 210 Å². The maximum Gasteiger partial charge on any atom is 0.306 e. The predicted octanol–water partition coefficient (Wildman–Crippen LogP) is 2.87. The second kappa shape index (κ2) is 16.3. The van der Waals surface area contributed by atoms with Crippen LogP contribution in [0.4, 0.5) is 0 Å². The Kier molecular flexibility index (Phi) is 12.1. The minimum absolute atomic E-state index is 0.0444. The first-order chi connectivity index (χ1) is 27.4. The Hall–Kier alpha value is -1.50. The molecule has 15 heteroatoms. The van der Waals surface area contributed by atoms with Crippen molar-refractivity contribution in [2.75, 3.05) is 6.61 Å². The molecule has 4 heterocycles. The molecule has 0 radical (unpaired) electrons. The molecule has 58 heavy (non-hydrogen) atoms. The molecule has 4 aliphatic heterocycles. The Bertz CT molecular complexity index is 1460. The molecule has 5 N–H and O–H groups in total. The minimum Gasteiger partial charge on any atom is -0.465 e. The van der Waals surface area contributed by atoms with Gasteiger partial charge in [-0.25, -0.2) is 0 Å². The van der Waals surface area contributed by atoms with Gasteiger partial charge in [0.15, 0.2) is 25.0 Å². The number of fused-ring (bicyclic) bond motifs is 5. The van der Waals surface area contributed by atoms with Crippen LogP contribution in [0.2, 0.25) is 0 Å². The molecule has 8 fully saturated rings. The first kappa shape index (κ1) is 43.2. The van der Waals surface area contributed by atoms with Gasteiger partial charge in [-0.3, -0.25) is 9.59 Å². The molecular weight excluding hydrogens is 756 g/mol. The van der Waals surface area contributed by atoms with Gasteiger partial charge in [-0.2, -0.15) is 0 Å². The number of aliphatic hydroxyl groups excluding tert-OH is 4. The van der Waals surface area contributed by atoms with E-state index in [0.717, 1.165) is 38.5 Å². The smallest absolute Gasteiger partial charge is 0.306 e. The summed E-state index contributed by atoms with van der Waals surface area (Å²) in [7, 11) is 0. The molecule has 4 aliphatic carbocycles. The highest BCUT2D eigenvalue weighted by molar-refractivity contribution is 5.71. The second-order valence-corrected chi connectivity index (χ2v) is 19.8. The van der Waals surface area contributed by atoms with Crippen molar-refractivity contribution in [1.29, 1.82) is 0 Å². The maximum absolute atomic E-state index is 12.6. The highest BCUT2D eigenvalue weighted by Gasteiger charge is 2.71. The summed E-state index contributed by atoms with van der Waals surface area (Å²) >= 11 is 0. The number of esters is 2. The predicted molar refractivity (Wildman–Crippen MR) is 202 cm³/mol. The van der Waals surface area contributed by atoms with Gasteiger partial charge in [0.2, 0.25) is 0 Å². The van der Waals surface area contributed by atoms with Gasteiger partial charge in [0, 0.05) is 37.5 Å². The molecule has 0 bridgehead atoms. The van der Waals surface area contributed by atoms with Crippen molar-refractivity contribution in [1.82, 2.24) is 0 Å². The lowest BCUT2D eigenvalue weighted by atomic mass is 9.42. The highest BCUT2D eigenvalue weighted by atomic mass is 16.7. The number of ether oxygens (including phenoxy) is 8. The number of aliphatic hydroxyl groups is 5. The molecule has 330 valence electrons. The van der Waals surface area contributed by atoms with Crippen LogP contribution in [0.15, 0.2) is 0 Å². The minimum atomic E-state index is -0.988. The van der Waals surface area contributed by atoms with E-state index in [4.69, 9.17) is 37.9 Å². The van der Waals surface area contributed by atoms with E-state index in [1.54, 1.807) is 13.8 Å². The second-order valence-electron chi connectivity index (χ2n) is 19.8. The zero-order valence-electron chi connectivity index (χ0n) is 35.0. The van der Waals surface area contributed by atoms with Crippen LogP contribution in [-0.4, -0.2) is 136 Å². The average Bonchev–Trinajstić information content (AvgIpc) is 3.70.